The zero-order chi connectivity index (χ0) is 18.7. The van der Waals surface area contributed by atoms with Gasteiger partial charge < -0.3 is 19.5 Å². The van der Waals surface area contributed by atoms with Crippen LogP contribution in [0.3, 0.4) is 0 Å². The van der Waals surface area contributed by atoms with Crippen LogP contribution in [0.15, 0.2) is 36.7 Å². The summed E-state index contributed by atoms with van der Waals surface area (Å²) < 4.78 is 7.75. The van der Waals surface area contributed by atoms with E-state index in [4.69, 9.17) is 4.74 Å². The molecule has 6 heteroatoms. The Labute approximate surface area is 155 Å². The lowest BCUT2D eigenvalue weighted by atomic mass is 9.99. The molecule has 1 aromatic carbocycles. The largest absolute Gasteiger partial charge is 0.491 e. The molecule has 1 saturated heterocycles. The second-order valence-corrected chi connectivity index (χ2v) is 7.25. The lowest BCUT2D eigenvalue weighted by Crippen LogP contribution is -2.30. The van der Waals surface area contributed by atoms with Gasteiger partial charge in [-0.05, 0) is 31.5 Å². The normalized spacial score (nSPS) is 20.2. The van der Waals surface area contributed by atoms with Crippen LogP contribution < -0.4 is 10.1 Å². The number of likely N-dealkylation sites (tertiary alicyclic amines) is 1. The van der Waals surface area contributed by atoms with E-state index in [0.29, 0.717) is 6.42 Å². The SMILES string of the molecule is CC(C)Oc1cccc(CNC[C@@H]2CC(=O)N(C)[C@H]2c2nccn2C)c1. The molecule has 1 N–H and O–H groups in total. The lowest BCUT2D eigenvalue weighted by Gasteiger charge is -2.24. The minimum absolute atomic E-state index is 0.0191. The second-order valence-electron chi connectivity index (χ2n) is 7.25. The van der Waals surface area contributed by atoms with Crippen molar-refractivity contribution in [3.8, 4) is 5.75 Å². The summed E-state index contributed by atoms with van der Waals surface area (Å²) in [4.78, 5) is 18.5. The topological polar surface area (TPSA) is 59.4 Å². The van der Waals surface area contributed by atoms with Crippen molar-refractivity contribution in [3.63, 3.8) is 0 Å². The standard InChI is InChI=1S/C20H28N4O2/c1-14(2)26-17-7-5-6-15(10-17)12-21-13-16-11-18(25)24(4)19(16)20-22-8-9-23(20)3/h5-10,14,16,19,21H,11-13H2,1-4H3/t16-,19+/m0/s1. The van der Waals surface area contributed by atoms with Gasteiger partial charge in [-0.3, -0.25) is 4.79 Å². The van der Waals surface area contributed by atoms with Gasteiger partial charge in [0.25, 0.3) is 0 Å². The Kier molecular flexibility index (Phi) is 5.61. The summed E-state index contributed by atoms with van der Waals surface area (Å²) >= 11 is 0. The first-order valence-corrected chi connectivity index (χ1v) is 9.15. The van der Waals surface area contributed by atoms with Crippen LogP contribution in [0.1, 0.15) is 37.7 Å². The average molecular weight is 356 g/mol. The first-order valence-electron chi connectivity index (χ1n) is 9.15. The van der Waals surface area contributed by atoms with Crippen LogP contribution in [0.25, 0.3) is 0 Å². The summed E-state index contributed by atoms with van der Waals surface area (Å²) in [5.74, 6) is 2.22. The van der Waals surface area contributed by atoms with Gasteiger partial charge in [0.05, 0.1) is 12.1 Å². The van der Waals surface area contributed by atoms with Gasteiger partial charge in [0, 0.05) is 51.9 Å². The van der Waals surface area contributed by atoms with Gasteiger partial charge in [-0.25, -0.2) is 4.98 Å². The molecule has 0 aliphatic carbocycles. The highest BCUT2D eigenvalue weighted by molar-refractivity contribution is 5.79. The molecule has 1 aromatic heterocycles. The molecule has 2 atom stereocenters. The predicted molar refractivity (Wildman–Crippen MR) is 101 cm³/mol. The maximum absolute atomic E-state index is 12.2. The Morgan fingerprint density at radius 2 is 2.15 bits per heavy atom. The van der Waals surface area contributed by atoms with Gasteiger partial charge in [-0.1, -0.05) is 12.1 Å². The molecule has 0 saturated carbocycles. The molecule has 1 aliphatic rings. The van der Waals surface area contributed by atoms with Crippen molar-refractivity contribution in [2.24, 2.45) is 13.0 Å². The molecule has 0 unspecified atom stereocenters. The predicted octanol–water partition coefficient (Wildman–Crippen LogP) is 2.52. The van der Waals surface area contributed by atoms with Crippen molar-refractivity contribution in [3.05, 3.63) is 48.0 Å². The van der Waals surface area contributed by atoms with Crippen LogP contribution in [0, 0.1) is 5.92 Å². The Hall–Kier alpha value is -2.34. The van der Waals surface area contributed by atoms with Crippen LogP contribution in [-0.2, 0) is 18.4 Å². The first-order chi connectivity index (χ1) is 12.5. The molecule has 1 amide bonds. The van der Waals surface area contributed by atoms with E-state index < -0.39 is 0 Å². The number of nitrogens with zero attached hydrogens (tertiary/aromatic N) is 3. The van der Waals surface area contributed by atoms with Crippen LogP contribution in [0.5, 0.6) is 5.75 Å². The number of benzene rings is 1. The monoisotopic (exact) mass is 356 g/mol. The van der Waals surface area contributed by atoms with Crippen LogP contribution in [-0.4, -0.2) is 40.1 Å². The molecule has 0 spiro atoms. The number of amides is 1. The van der Waals surface area contributed by atoms with Gasteiger partial charge in [-0.2, -0.15) is 0 Å². The second kappa shape index (κ2) is 7.91. The fourth-order valence-electron chi connectivity index (χ4n) is 3.58. The van der Waals surface area contributed by atoms with Crippen molar-refractivity contribution in [2.75, 3.05) is 13.6 Å². The number of nitrogens with one attached hydrogen (secondary N) is 1. The molecule has 0 radical (unpaired) electrons. The zero-order valence-corrected chi connectivity index (χ0v) is 16.0. The Morgan fingerprint density at radius 3 is 2.85 bits per heavy atom. The molecule has 0 bridgehead atoms. The van der Waals surface area contributed by atoms with Gasteiger partial charge in [0.1, 0.15) is 11.6 Å². The molecule has 1 aliphatic heterocycles. The molecule has 2 aromatic rings. The van der Waals surface area contributed by atoms with E-state index in [1.54, 1.807) is 6.20 Å². The first kappa shape index (κ1) is 18.5. The van der Waals surface area contributed by atoms with Gasteiger partial charge in [-0.15, -0.1) is 0 Å². The maximum Gasteiger partial charge on any atom is 0.223 e. The number of rotatable bonds is 7. The average Bonchev–Trinajstić information content (AvgIpc) is 3.11. The maximum atomic E-state index is 12.2. The third-order valence-electron chi connectivity index (χ3n) is 4.82. The molecule has 26 heavy (non-hydrogen) atoms. The van der Waals surface area contributed by atoms with E-state index in [2.05, 4.69) is 22.4 Å². The summed E-state index contributed by atoms with van der Waals surface area (Å²) in [6.07, 6.45) is 4.43. The molecule has 6 nitrogen and oxygen atoms in total. The molecule has 1 fully saturated rings. The summed E-state index contributed by atoms with van der Waals surface area (Å²) in [6.45, 7) is 5.56. The van der Waals surface area contributed by atoms with Crippen LogP contribution >= 0.6 is 0 Å². The third-order valence-corrected chi connectivity index (χ3v) is 4.82. The smallest absolute Gasteiger partial charge is 0.223 e. The summed E-state index contributed by atoms with van der Waals surface area (Å²) in [7, 11) is 3.85. The molecule has 140 valence electrons. The minimum Gasteiger partial charge on any atom is -0.491 e. The van der Waals surface area contributed by atoms with Crippen molar-refractivity contribution in [1.82, 2.24) is 19.8 Å². The van der Waals surface area contributed by atoms with E-state index in [0.717, 1.165) is 24.7 Å². The van der Waals surface area contributed by atoms with E-state index in [1.807, 2.05) is 55.7 Å². The fraction of sp³-hybridized carbons (Fsp3) is 0.500. The molecular weight excluding hydrogens is 328 g/mol. The summed E-state index contributed by atoms with van der Waals surface area (Å²) in [5.41, 5.74) is 1.18. The summed E-state index contributed by atoms with van der Waals surface area (Å²) in [5, 5.41) is 3.51. The van der Waals surface area contributed by atoms with Gasteiger partial charge in [0.2, 0.25) is 5.91 Å². The number of carbonyl (C=O) groups is 1. The zero-order valence-electron chi connectivity index (χ0n) is 16.0. The highest BCUT2D eigenvalue weighted by atomic mass is 16.5. The number of aromatic nitrogens is 2. The van der Waals surface area contributed by atoms with Crippen molar-refractivity contribution < 1.29 is 9.53 Å². The number of ether oxygens (including phenoxy) is 1. The number of imidazole rings is 1. The highest BCUT2D eigenvalue weighted by Crippen LogP contribution is 2.35. The van der Waals surface area contributed by atoms with Crippen molar-refractivity contribution in [2.45, 2.75) is 39.0 Å². The Morgan fingerprint density at radius 1 is 1.35 bits per heavy atom. The fourth-order valence-corrected chi connectivity index (χ4v) is 3.58. The minimum atomic E-state index is 0.0191. The molecular formula is C20H28N4O2. The number of aryl methyl sites for hydroxylation is 1. The number of hydrogen-bond donors (Lipinski definition) is 1. The lowest BCUT2D eigenvalue weighted by molar-refractivity contribution is -0.127. The van der Waals surface area contributed by atoms with E-state index in [9.17, 15) is 4.79 Å². The van der Waals surface area contributed by atoms with E-state index >= 15 is 0 Å². The number of carbonyl (C=O) groups excluding carboxylic acids is 1. The van der Waals surface area contributed by atoms with E-state index in [-0.39, 0.29) is 24.0 Å². The summed E-state index contributed by atoms with van der Waals surface area (Å²) in [6, 6.07) is 8.16. The van der Waals surface area contributed by atoms with E-state index in [1.165, 1.54) is 5.56 Å². The molecule has 3 rings (SSSR count). The third kappa shape index (κ3) is 4.07. The van der Waals surface area contributed by atoms with Crippen molar-refractivity contribution >= 4 is 5.91 Å². The van der Waals surface area contributed by atoms with Crippen LogP contribution in [0.2, 0.25) is 0 Å². The van der Waals surface area contributed by atoms with Crippen LogP contribution in [0.4, 0.5) is 0 Å². The number of hydrogen-bond acceptors (Lipinski definition) is 4. The van der Waals surface area contributed by atoms with Gasteiger partial charge in [0.15, 0.2) is 0 Å². The highest BCUT2D eigenvalue weighted by Gasteiger charge is 2.40. The van der Waals surface area contributed by atoms with Crippen molar-refractivity contribution in [1.29, 1.82) is 0 Å². The quantitative estimate of drug-likeness (QED) is 0.828. The Bertz CT molecular complexity index is 756. The Balaban J connectivity index is 1.62. The van der Waals surface area contributed by atoms with Gasteiger partial charge >= 0.3 is 0 Å². The molecule has 2 heterocycles.